The summed E-state index contributed by atoms with van der Waals surface area (Å²) in [7, 11) is -1.95. The fourth-order valence-corrected chi connectivity index (χ4v) is 8.88. The second kappa shape index (κ2) is 16.0. The molecule has 4 aromatic rings. The lowest BCUT2D eigenvalue weighted by molar-refractivity contribution is 0.0315. The summed E-state index contributed by atoms with van der Waals surface area (Å²) in [6, 6.07) is 34.6. The van der Waals surface area contributed by atoms with Gasteiger partial charge < -0.3 is 4.74 Å². The summed E-state index contributed by atoms with van der Waals surface area (Å²) >= 11 is 0. The van der Waals surface area contributed by atoms with E-state index in [0.29, 0.717) is 4.90 Å². The fourth-order valence-electron chi connectivity index (χ4n) is 7.78. The van der Waals surface area contributed by atoms with E-state index in [1.807, 2.05) is 31.2 Å². The first-order valence-electron chi connectivity index (χ1n) is 16.4. The van der Waals surface area contributed by atoms with E-state index in [4.69, 9.17) is 4.74 Å². The zero-order valence-electron chi connectivity index (χ0n) is 27.5. The summed E-state index contributed by atoms with van der Waals surface area (Å²) < 4.78 is 35.7. The van der Waals surface area contributed by atoms with Crippen LogP contribution in [0, 0.1) is 6.92 Å². The van der Waals surface area contributed by atoms with Crippen LogP contribution in [0.25, 0.3) is 0 Å². The van der Waals surface area contributed by atoms with Gasteiger partial charge in [0.25, 0.3) is 0 Å². The number of methoxy groups -OCH3 is 1. The van der Waals surface area contributed by atoms with Crippen LogP contribution in [-0.2, 0) is 28.3 Å². The number of fused-ring (bicyclic) bond motifs is 1. The lowest BCUT2D eigenvalue weighted by Gasteiger charge is -2.50. The maximum absolute atomic E-state index is 13.6. The van der Waals surface area contributed by atoms with Gasteiger partial charge in [0, 0.05) is 17.5 Å². The number of aryl methyl sites for hydroxylation is 2. The molecular formula is C39H48Cl2N2O3S. The Morgan fingerprint density at radius 1 is 0.830 bits per heavy atom. The SMILES string of the molecule is COc1ccc2c(c1)CCC1(CCCCN1CCCC(CNS(=O)(=O)c1ccc(C)cc1)(c1ccccc1)c1ccccc1)C2.Cl.Cl. The van der Waals surface area contributed by atoms with E-state index < -0.39 is 15.4 Å². The molecule has 8 heteroatoms. The first-order chi connectivity index (χ1) is 21.8. The Kier molecular flexibility index (Phi) is 12.6. The molecule has 252 valence electrons. The molecule has 5 nitrogen and oxygen atoms in total. The smallest absolute Gasteiger partial charge is 0.240 e. The van der Waals surface area contributed by atoms with Crippen LogP contribution in [0.4, 0.5) is 0 Å². The van der Waals surface area contributed by atoms with Crippen LogP contribution >= 0.6 is 24.8 Å². The highest BCUT2D eigenvalue weighted by molar-refractivity contribution is 7.89. The predicted molar refractivity (Wildman–Crippen MR) is 197 cm³/mol. The van der Waals surface area contributed by atoms with Gasteiger partial charge in [0.1, 0.15) is 5.75 Å². The van der Waals surface area contributed by atoms with Crippen molar-refractivity contribution >= 4 is 34.8 Å². The van der Waals surface area contributed by atoms with Crippen molar-refractivity contribution in [3.8, 4) is 5.75 Å². The number of nitrogens with one attached hydrogen (secondary N) is 1. The molecule has 0 bridgehead atoms. The van der Waals surface area contributed by atoms with Gasteiger partial charge in [0.05, 0.1) is 12.0 Å². The Morgan fingerprint density at radius 3 is 2.13 bits per heavy atom. The number of hydrogen-bond donors (Lipinski definition) is 1. The zero-order valence-corrected chi connectivity index (χ0v) is 29.9. The van der Waals surface area contributed by atoms with Gasteiger partial charge in [-0.1, -0.05) is 90.8 Å². The van der Waals surface area contributed by atoms with Crippen molar-refractivity contribution in [2.24, 2.45) is 0 Å². The quantitative estimate of drug-likeness (QED) is 0.172. The lowest BCUT2D eigenvalue weighted by Crippen LogP contribution is -2.55. The average Bonchev–Trinajstić information content (AvgIpc) is 3.08. The Balaban J connectivity index is 0.00000250. The topological polar surface area (TPSA) is 58.6 Å². The van der Waals surface area contributed by atoms with E-state index >= 15 is 0 Å². The van der Waals surface area contributed by atoms with Crippen molar-refractivity contribution in [1.82, 2.24) is 9.62 Å². The number of halogens is 2. The molecule has 1 atom stereocenters. The van der Waals surface area contributed by atoms with Crippen LogP contribution in [-0.4, -0.2) is 45.6 Å². The minimum Gasteiger partial charge on any atom is -0.497 e. The normalized spacial score (nSPS) is 18.1. The molecule has 1 heterocycles. The van der Waals surface area contributed by atoms with Crippen LogP contribution in [0.15, 0.2) is 108 Å². The highest BCUT2D eigenvalue weighted by atomic mass is 35.5. The molecule has 1 fully saturated rings. The molecule has 1 aliphatic heterocycles. The van der Waals surface area contributed by atoms with Crippen LogP contribution in [0.3, 0.4) is 0 Å². The largest absolute Gasteiger partial charge is 0.497 e. The van der Waals surface area contributed by atoms with E-state index in [2.05, 4.69) is 76.4 Å². The van der Waals surface area contributed by atoms with E-state index in [-0.39, 0.29) is 36.9 Å². The molecule has 2 aliphatic rings. The van der Waals surface area contributed by atoms with Crippen molar-refractivity contribution in [3.05, 3.63) is 131 Å². The van der Waals surface area contributed by atoms with E-state index in [9.17, 15) is 8.42 Å². The van der Waals surface area contributed by atoms with Gasteiger partial charge in [-0.15, -0.1) is 24.8 Å². The van der Waals surface area contributed by atoms with Crippen molar-refractivity contribution in [1.29, 1.82) is 0 Å². The summed E-state index contributed by atoms with van der Waals surface area (Å²) in [6.45, 7) is 4.37. The molecule has 4 aromatic carbocycles. The molecule has 1 saturated heterocycles. The number of nitrogens with zero attached hydrogens (tertiary/aromatic N) is 1. The molecule has 0 aromatic heterocycles. The monoisotopic (exact) mass is 694 g/mol. The predicted octanol–water partition coefficient (Wildman–Crippen LogP) is 8.31. The van der Waals surface area contributed by atoms with Crippen molar-refractivity contribution in [3.63, 3.8) is 0 Å². The van der Waals surface area contributed by atoms with E-state index in [0.717, 1.165) is 61.2 Å². The number of ether oxygens (including phenoxy) is 1. The summed E-state index contributed by atoms with van der Waals surface area (Å²) in [5.74, 6) is 0.946. The molecule has 6 rings (SSSR count). The van der Waals surface area contributed by atoms with Crippen molar-refractivity contribution < 1.29 is 13.2 Å². The summed E-state index contributed by atoms with van der Waals surface area (Å²) in [4.78, 5) is 3.08. The maximum Gasteiger partial charge on any atom is 0.240 e. The van der Waals surface area contributed by atoms with Crippen molar-refractivity contribution in [2.45, 2.75) is 74.1 Å². The third-order valence-electron chi connectivity index (χ3n) is 10.4. The minimum absolute atomic E-state index is 0. The summed E-state index contributed by atoms with van der Waals surface area (Å²) in [5.41, 5.74) is 5.87. The van der Waals surface area contributed by atoms with Gasteiger partial charge in [0.15, 0.2) is 0 Å². The zero-order chi connectivity index (χ0) is 31.3. The number of piperidine rings is 1. The third kappa shape index (κ3) is 8.06. The highest BCUT2D eigenvalue weighted by Crippen LogP contribution is 2.42. The summed E-state index contributed by atoms with van der Waals surface area (Å²) in [6.07, 6.45) is 8.89. The Labute approximate surface area is 294 Å². The van der Waals surface area contributed by atoms with Crippen LogP contribution < -0.4 is 9.46 Å². The van der Waals surface area contributed by atoms with E-state index in [1.54, 1.807) is 19.2 Å². The summed E-state index contributed by atoms with van der Waals surface area (Å²) in [5, 5.41) is 0. The third-order valence-corrected chi connectivity index (χ3v) is 11.8. The second-order valence-electron chi connectivity index (χ2n) is 13.0. The second-order valence-corrected chi connectivity index (χ2v) is 14.8. The molecule has 1 aliphatic carbocycles. The Hall–Kier alpha value is -2.87. The molecule has 1 N–H and O–H groups in total. The number of likely N-dealkylation sites (tertiary alicyclic amines) is 1. The van der Waals surface area contributed by atoms with Gasteiger partial charge >= 0.3 is 0 Å². The van der Waals surface area contributed by atoms with Gasteiger partial charge in [-0.25, -0.2) is 13.1 Å². The Morgan fingerprint density at radius 2 is 1.49 bits per heavy atom. The van der Waals surface area contributed by atoms with E-state index in [1.165, 1.54) is 36.8 Å². The van der Waals surface area contributed by atoms with Gasteiger partial charge in [0.2, 0.25) is 10.0 Å². The van der Waals surface area contributed by atoms with Crippen molar-refractivity contribution in [2.75, 3.05) is 26.7 Å². The standard InChI is InChI=1S/C39H46N2O3S.2ClH/c1-31-16-20-37(21-17-31)45(42,43)40-30-39(34-12-5-3-6-13-34,35-14-7-4-8-15-35)24-11-27-41-26-10-9-23-38(41)25-22-32-28-36(44-2)19-18-33(32)29-38;;/h3-8,12-21,28,40H,9-11,22-27,29-30H2,1-2H3;2*1H. The molecule has 1 unspecified atom stereocenters. The fraction of sp³-hybridized carbons (Fsp3) is 0.385. The van der Waals surface area contributed by atoms with Gasteiger partial charge in [-0.05, 0) is 111 Å². The molecule has 1 spiro atoms. The number of benzene rings is 4. The lowest BCUT2D eigenvalue weighted by atomic mass is 9.70. The minimum atomic E-state index is -3.70. The first-order valence-corrected chi connectivity index (χ1v) is 17.9. The Bertz CT molecular complexity index is 1650. The number of rotatable bonds is 11. The highest BCUT2D eigenvalue weighted by Gasteiger charge is 2.42. The number of hydrogen-bond acceptors (Lipinski definition) is 4. The number of sulfonamides is 1. The molecule has 0 amide bonds. The van der Waals surface area contributed by atoms with Gasteiger partial charge in [-0.2, -0.15) is 0 Å². The molecule has 0 saturated carbocycles. The maximum atomic E-state index is 13.6. The van der Waals surface area contributed by atoms with Crippen LogP contribution in [0.5, 0.6) is 5.75 Å². The van der Waals surface area contributed by atoms with Crippen LogP contribution in [0.2, 0.25) is 0 Å². The first kappa shape index (κ1) is 37.0. The van der Waals surface area contributed by atoms with Crippen LogP contribution in [0.1, 0.15) is 66.3 Å². The average molecular weight is 696 g/mol. The molecule has 47 heavy (non-hydrogen) atoms. The molecule has 0 radical (unpaired) electrons. The van der Waals surface area contributed by atoms with Gasteiger partial charge in [-0.3, -0.25) is 4.90 Å². The molecular weight excluding hydrogens is 647 g/mol.